The van der Waals surface area contributed by atoms with E-state index in [0.717, 1.165) is 18.2 Å². The van der Waals surface area contributed by atoms with Gasteiger partial charge in [0, 0.05) is 6.08 Å². The zero-order chi connectivity index (χ0) is 23.9. The monoisotopic (exact) mass is 459 g/mol. The van der Waals surface area contributed by atoms with Crippen LogP contribution in [0.4, 0.5) is 30.7 Å². The van der Waals surface area contributed by atoms with Crippen LogP contribution in [0.2, 0.25) is 0 Å². The van der Waals surface area contributed by atoms with E-state index in [1.807, 2.05) is 0 Å². The summed E-state index contributed by atoms with van der Waals surface area (Å²) in [6.07, 6.45) is -8.79. The fourth-order valence-electron chi connectivity index (χ4n) is 3.27. The van der Waals surface area contributed by atoms with E-state index in [0.29, 0.717) is 17.7 Å². The molecule has 1 aliphatic heterocycles. The molecule has 0 bridgehead atoms. The molecule has 3 nitrogen and oxygen atoms in total. The third kappa shape index (κ3) is 4.63. The Hall–Kier alpha value is -3.30. The van der Waals surface area contributed by atoms with Crippen LogP contribution in [0, 0.1) is 5.82 Å². The van der Waals surface area contributed by atoms with Gasteiger partial charge in [-0.15, -0.1) is 0 Å². The summed E-state index contributed by atoms with van der Waals surface area (Å²) >= 11 is 0. The van der Waals surface area contributed by atoms with Gasteiger partial charge in [-0.25, -0.2) is 4.39 Å². The summed E-state index contributed by atoms with van der Waals surface area (Å²) in [6, 6.07) is 6.06. The SMILES string of the molecule is C=C(O[C@H](C)c1cc(C(F)(F)F)cc(C(F)(F)F)c1)[C@@]1(c2ccc(F)cc2)C=CC(=O)N1. The second kappa shape index (κ2) is 7.99. The van der Waals surface area contributed by atoms with Crippen LogP contribution < -0.4 is 5.32 Å². The molecular formula is C22H16F7NO2. The standard InChI is InChI=1S/C22H16F7NO2/c1-12(14-9-16(21(24,25)26)11-17(10-14)22(27,28)29)32-13(2)20(8-7-19(31)30-20)15-3-5-18(23)6-4-15/h3-12H,2H2,1H3,(H,30,31)/t12-,20-/m1/s1. The van der Waals surface area contributed by atoms with Gasteiger partial charge in [-0.3, -0.25) is 4.79 Å². The molecule has 170 valence electrons. The highest BCUT2D eigenvalue weighted by molar-refractivity contribution is 5.92. The van der Waals surface area contributed by atoms with Gasteiger partial charge < -0.3 is 10.1 Å². The molecule has 0 unspecified atom stereocenters. The summed E-state index contributed by atoms with van der Waals surface area (Å²) in [5.41, 5.74) is -4.50. The number of hydrogen-bond donors (Lipinski definition) is 1. The third-order valence-electron chi connectivity index (χ3n) is 4.94. The molecule has 1 N–H and O–H groups in total. The number of carbonyl (C=O) groups excluding carboxylic acids is 1. The van der Waals surface area contributed by atoms with Gasteiger partial charge in [-0.1, -0.05) is 18.7 Å². The fraction of sp³-hybridized carbons (Fsp3) is 0.227. The molecule has 0 saturated carbocycles. The van der Waals surface area contributed by atoms with Crippen LogP contribution >= 0.6 is 0 Å². The molecule has 2 aromatic carbocycles. The molecule has 0 aliphatic carbocycles. The van der Waals surface area contributed by atoms with Crippen molar-refractivity contribution in [2.45, 2.75) is 30.9 Å². The summed E-state index contributed by atoms with van der Waals surface area (Å²) in [7, 11) is 0. The van der Waals surface area contributed by atoms with E-state index in [-0.39, 0.29) is 11.8 Å². The first-order valence-corrected chi connectivity index (χ1v) is 9.15. The lowest BCUT2D eigenvalue weighted by atomic mass is 9.89. The fourth-order valence-corrected chi connectivity index (χ4v) is 3.27. The van der Waals surface area contributed by atoms with Crippen molar-refractivity contribution < 1.29 is 40.3 Å². The van der Waals surface area contributed by atoms with Crippen LogP contribution in [0.25, 0.3) is 0 Å². The van der Waals surface area contributed by atoms with Crippen LogP contribution in [-0.2, 0) is 27.4 Å². The van der Waals surface area contributed by atoms with E-state index >= 15 is 0 Å². The number of amides is 1. The zero-order valence-electron chi connectivity index (χ0n) is 16.4. The summed E-state index contributed by atoms with van der Waals surface area (Å²) in [5.74, 6) is -1.27. The van der Waals surface area contributed by atoms with Crippen LogP contribution in [0.3, 0.4) is 0 Å². The molecule has 0 aromatic heterocycles. The quantitative estimate of drug-likeness (QED) is 0.438. The Bertz CT molecular complexity index is 1040. The largest absolute Gasteiger partial charge is 0.488 e. The number of hydrogen-bond acceptors (Lipinski definition) is 2. The molecule has 1 amide bonds. The van der Waals surface area contributed by atoms with Gasteiger partial charge in [0.2, 0.25) is 5.91 Å². The summed E-state index contributed by atoms with van der Waals surface area (Å²) in [6.45, 7) is 4.97. The van der Waals surface area contributed by atoms with E-state index in [2.05, 4.69) is 11.9 Å². The maximum absolute atomic E-state index is 13.3. The molecule has 3 rings (SSSR count). The molecule has 10 heteroatoms. The minimum atomic E-state index is -5.01. The minimum Gasteiger partial charge on any atom is -0.488 e. The Morgan fingerprint density at radius 1 is 1.00 bits per heavy atom. The van der Waals surface area contributed by atoms with E-state index in [9.17, 15) is 35.5 Å². The van der Waals surface area contributed by atoms with Gasteiger partial charge in [0.15, 0.2) is 0 Å². The van der Waals surface area contributed by atoms with Gasteiger partial charge in [-0.2, -0.15) is 26.3 Å². The van der Waals surface area contributed by atoms with Crippen molar-refractivity contribution in [2.24, 2.45) is 0 Å². The predicted molar refractivity (Wildman–Crippen MR) is 100 cm³/mol. The Balaban J connectivity index is 1.97. The van der Waals surface area contributed by atoms with Gasteiger partial charge in [0.25, 0.3) is 0 Å². The first kappa shape index (κ1) is 23.4. The van der Waals surface area contributed by atoms with Crippen molar-refractivity contribution in [3.8, 4) is 0 Å². The topological polar surface area (TPSA) is 38.3 Å². The Morgan fingerprint density at radius 2 is 1.53 bits per heavy atom. The summed E-state index contributed by atoms with van der Waals surface area (Å²) < 4.78 is 97.9. The van der Waals surface area contributed by atoms with Crippen molar-refractivity contribution in [1.82, 2.24) is 5.32 Å². The van der Waals surface area contributed by atoms with Gasteiger partial charge in [0.1, 0.15) is 23.2 Å². The van der Waals surface area contributed by atoms with E-state index < -0.39 is 52.4 Å². The molecule has 32 heavy (non-hydrogen) atoms. The molecule has 2 atom stereocenters. The van der Waals surface area contributed by atoms with E-state index in [4.69, 9.17) is 4.74 Å². The van der Waals surface area contributed by atoms with Crippen LogP contribution in [0.1, 0.15) is 35.3 Å². The molecule has 0 spiro atoms. The lowest BCUT2D eigenvalue weighted by Crippen LogP contribution is -2.41. The van der Waals surface area contributed by atoms with Crippen molar-refractivity contribution in [3.63, 3.8) is 0 Å². The summed E-state index contributed by atoms with van der Waals surface area (Å²) in [4.78, 5) is 11.9. The highest BCUT2D eigenvalue weighted by Crippen LogP contribution is 2.40. The minimum absolute atomic E-state index is 0.0188. The van der Waals surface area contributed by atoms with Crippen molar-refractivity contribution in [1.29, 1.82) is 0 Å². The number of alkyl halides is 6. The second-order valence-electron chi connectivity index (χ2n) is 7.16. The third-order valence-corrected chi connectivity index (χ3v) is 4.94. The highest BCUT2D eigenvalue weighted by Gasteiger charge is 2.41. The lowest BCUT2D eigenvalue weighted by Gasteiger charge is -2.32. The second-order valence-corrected chi connectivity index (χ2v) is 7.16. The van der Waals surface area contributed by atoms with Crippen molar-refractivity contribution in [2.75, 3.05) is 0 Å². The van der Waals surface area contributed by atoms with Gasteiger partial charge >= 0.3 is 12.4 Å². The van der Waals surface area contributed by atoms with Gasteiger partial charge in [0.05, 0.1) is 11.1 Å². The Labute approximate surface area is 178 Å². The molecular weight excluding hydrogens is 443 g/mol. The van der Waals surface area contributed by atoms with Gasteiger partial charge in [-0.05, 0) is 54.5 Å². The summed E-state index contributed by atoms with van der Waals surface area (Å²) in [5, 5.41) is 2.57. The van der Waals surface area contributed by atoms with E-state index in [1.165, 1.54) is 25.1 Å². The van der Waals surface area contributed by atoms with Crippen molar-refractivity contribution in [3.05, 3.63) is 95.0 Å². The smallest absolute Gasteiger partial charge is 0.416 e. The van der Waals surface area contributed by atoms with Crippen molar-refractivity contribution >= 4 is 5.91 Å². The number of rotatable bonds is 5. The average Bonchev–Trinajstić information content (AvgIpc) is 3.09. The molecule has 0 saturated heterocycles. The van der Waals surface area contributed by atoms with Crippen LogP contribution in [-0.4, -0.2) is 5.91 Å². The highest BCUT2D eigenvalue weighted by atomic mass is 19.4. The Morgan fingerprint density at radius 3 is 1.97 bits per heavy atom. The van der Waals surface area contributed by atoms with Crippen LogP contribution in [0.5, 0.6) is 0 Å². The number of benzene rings is 2. The lowest BCUT2D eigenvalue weighted by molar-refractivity contribution is -0.143. The number of ether oxygens (including phenoxy) is 1. The molecule has 1 heterocycles. The molecule has 0 radical (unpaired) electrons. The number of nitrogens with one attached hydrogen (secondary N) is 1. The first-order chi connectivity index (χ1) is 14.7. The first-order valence-electron chi connectivity index (χ1n) is 9.15. The van der Waals surface area contributed by atoms with E-state index in [1.54, 1.807) is 0 Å². The number of halogens is 7. The maximum Gasteiger partial charge on any atom is 0.416 e. The zero-order valence-corrected chi connectivity index (χ0v) is 16.4. The normalized spacial score (nSPS) is 19.6. The molecule has 0 fully saturated rings. The molecule has 1 aliphatic rings. The average molecular weight is 459 g/mol. The van der Waals surface area contributed by atoms with Crippen LogP contribution in [0.15, 0.2) is 67.0 Å². The predicted octanol–water partition coefficient (Wildman–Crippen LogP) is 6.04. The maximum atomic E-state index is 13.3. The number of carbonyl (C=O) groups is 1. The Kier molecular flexibility index (Phi) is 5.84. The molecule has 2 aromatic rings.